The van der Waals surface area contributed by atoms with Gasteiger partial charge in [0.2, 0.25) is 5.91 Å². The second-order valence-corrected chi connectivity index (χ2v) is 13.5. The monoisotopic (exact) mass is 455 g/mol. The van der Waals surface area contributed by atoms with Crippen LogP contribution in [0, 0.1) is 46.3 Å². The van der Waals surface area contributed by atoms with Crippen LogP contribution in [0.1, 0.15) is 92.4 Å². The second-order valence-electron chi connectivity index (χ2n) is 13.5. The first kappa shape index (κ1) is 22.6. The highest BCUT2D eigenvalue weighted by Crippen LogP contribution is 2.70. The third-order valence-electron chi connectivity index (χ3n) is 12.1. The van der Waals surface area contributed by atoms with Gasteiger partial charge in [0.05, 0.1) is 12.2 Å². The third kappa shape index (κ3) is 2.92. The maximum atomic E-state index is 12.7. The van der Waals surface area contributed by atoms with Gasteiger partial charge in [-0.1, -0.05) is 39.3 Å². The smallest absolute Gasteiger partial charge is 0.221 e. The summed E-state index contributed by atoms with van der Waals surface area (Å²) in [4.78, 5) is 14.9. The van der Waals surface area contributed by atoms with Gasteiger partial charge in [0.15, 0.2) is 0 Å². The molecule has 11 atom stereocenters. The van der Waals surface area contributed by atoms with Gasteiger partial charge < -0.3 is 14.7 Å². The molecule has 2 saturated heterocycles. The molecule has 4 nitrogen and oxygen atoms in total. The van der Waals surface area contributed by atoms with Gasteiger partial charge in [-0.15, -0.1) is 0 Å². The molecule has 6 rings (SSSR count). The SMILES string of the molecule is CC(=O)N1C[C@H](C)CC[C@]12O[C@H]1C[C@@H]3[C@@H]4CC=C5C[C@@H](O)CC[C@]5(C)[C@@H]4CC[C@]3(C)[C@H]1[C@@H]2C. The number of piperidine rings is 1. The number of hydrogen-bond acceptors (Lipinski definition) is 3. The number of likely N-dealkylation sites (tertiary alicyclic amines) is 1. The summed E-state index contributed by atoms with van der Waals surface area (Å²) in [6.45, 7) is 12.4. The highest BCUT2D eigenvalue weighted by atomic mass is 16.5. The fourth-order valence-corrected chi connectivity index (χ4v) is 10.5. The molecule has 0 aromatic rings. The van der Waals surface area contributed by atoms with E-state index in [1.165, 1.54) is 25.7 Å². The van der Waals surface area contributed by atoms with Crippen LogP contribution in [0.3, 0.4) is 0 Å². The van der Waals surface area contributed by atoms with Crippen LogP contribution in [-0.4, -0.2) is 40.4 Å². The number of aliphatic hydroxyl groups excluding tert-OH is 1. The summed E-state index contributed by atoms with van der Waals surface area (Å²) in [5.74, 6) is 3.95. The van der Waals surface area contributed by atoms with Crippen LogP contribution in [0.4, 0.5) is 0 Å². The first-order chi connectivity index (χ1) is 15.6. The van der Waals surface area contributed by atoms with Crippen LogP contribution < -0.4 is 0 Å². The van der Waals surface area contributed by atoms with E-state index >= 15 is 0 Å². The lowest BCUT2D eigenvalue weighted by atomic mass is 9.47. The molecule has 0 unspecified atom stereocenters. The number of hydrogen-bond donors (Lipinski definition) is 1. The zero-order valence-electron chi connectivity index (χ0n) is 21.5. The lowest BCUT2D eigenvalue weighted by Crippen LogP contribution is -2.60. The van der Waals surface area contributed by atoms with E-state index in [1.54, 1.807) is 12.5 Å². The zero-order chi connectivity index (χ0) is 23.3. The topological polar surface area (TPSA) is 49.8 Å². The molecule has 4 aliphatic carbocycles. The van der Waals surface area contributed by atoms with E-state index < -0.39 is 0 Å². The molecule has 2 aliphatic heterocycles. The van der Waals surface area contributed by atoms with Gasteiger partial charge >= 0.3 is 0 Å². The van der Waals surface area contributed by atoms with Crippen LogP contribution in [0.5, 0.6) is 0 Å². The van der Waals surface area contributed by atoms with Crippen LogP contribution >= 0.6 is 0 Å². The standard InChI is InChI=1S/C29H45NO3/c1-17-8-13-29(30(16-17)19(3)31)18(2)26-25(33-29)15-24-22-7-6-20-14-21(32)9-11-27(20,4)23(22)10-12-28(24,26)5/h6,17-18,21-26,32H,7-16H2,1-5H3/t17-,18+,21+,22-,23-,24-,25+,26+,27+,28+,29-/m1/s1. The number of aliphatic hydroxyl groups is 1. The van der Waals surface area contributed by atoms with Crippen LogP contribution in [0.15, 0.2) is 11.6 Å². The van der Waals surface area contributed by atoms with Crippen molar-refractivity contribution in [3.05, 3.63) is 11.6 Å². The largest absolute Gasteiger partial charge is 0.393 e. The molecule has 0 bridgehead atoms. The Morgan fingerprint density at radius 2 is 1.91 bits per heavy atom. The first-order valence-electron chi connectivity index (χ1n) is 13.9. The molecule has 1 spiro atoms. The van der Waals surface area contributed by atoms with Gasteiger partial charge in [0.25, 0.3) is 0 Å². The summed E-state index contributed by atoms with van der Waals surface area (Å²) in [5.41, 5.74) is 1.79. The molecule has 6 aliphatic rings. The maximum Gasteiger partial charge on any atom is 0.221 e. The molecule has 4 heteroatoms. The van der Waals surface area contributed by atoms with E-state index in [0.717, 1.165) is 56.4 Å². The highest BCUT2D eigenvalue weighted by Gasteiger charge is 2.69. The molecular weight excluding hydrogens is 410 g/mol. The van der Waals surface area contributed by atoms with Crippen molar-refractivity contribution in [2.24, 2.45) is 46.3 Å². The third-order valence-corrected chi connectivity index (χ3v) is 12.1. The summed E-state index contributed by atoms with van der Waals surface area (Å²) in [6.07, 6.45) is 12.9. The van der Waals surface area contributed by atoms with E-state index in [4.69, 9.17) is 4.74 Å². The summed E-state index contributed by atoms with van der Waals surface area (Å²) >= 11 is 0. The molecular formula is C29H45NO3. The fraction of sp³-hybridized carbons (Fsp3) is 0.897. The van der Waals surface area contributed by atoms with Crippen molar-refractivity contribution in [3.63, 3.8) is 0 Å². The molecule has 0 aromatic carbocycles. The number of nitrogens with zero attached hydrogens (tertiary/aromatic N) is 1. The fourth-order valence-electron chi connectivity index (χ4n) is 10.5. The van der Waals surface area contributed by atoms with Crippen molar-refractivity contribution >= 4 is 5.91 Å². The Bertz CT molecular complexity index is 869. The number of amides is 1. The maximum absolute atomic E-state index is 12.7. The van der Waals surface area contributed by atoms with Gasteiger partial charge in [-0.2, -0.15) is 0 Å². The van der Waals surface area contributed by atoms with Gasteiger partial charge in [-0.05, 0) is 98.2 Å². The van der Waals surface area contributed by atoms with E-state index in [0.29, 0.717) is 34.7 Å². The molecule has 33 heavy (non-hydrogen) atoms. The lowest BCUT2D eigenvalue weighted by Gasteiger charge is -2.59. The minimum absolute atomic E-state index is 0.131. The molecule has 1 N–H and O–H groups in total. The van der Waals surface area contributed by atoms with E-state index in [1.807, 2.05) is 0 Å². The van der Waals surface area contributed by atoms with Gasteiger partial charge in [0, 0.05) is 19.4 Å². The van der Waals surface area contributed by atoms with Gasteiger partial charge in [0.1, 0.15) is 5.72 Å². The van der Waals surface area contributed by atoms with Crippen LogP contribution in [-0.2, 0) is 9.53 Å². The molecule has 5 fully saturated rings. The number of ether oxygens (including phenoxy) is 1. The molecule has 184 valence electrons. The van der Waals surface area contributed by atoms with Gasteiger partial charge in [-0.25, -0.2) is 0 Å². The average molecular weight is 456 g/mol. The first-order valence-corrected chi connectivity index (χ1v) is 13.9. The van der Waals surface area contributed by atoms with Gasteiger partial charge in [-0.3, -0.25) is 4.79 Å². The molecule has 0 radical (unpaired) electrons. The predicted octanol–water partition coefficient (Wildman–Crippen LogP) is 5.55. The highest BCUT2D eigenvalue weighted by molar-refractivity contribution is 5.74. The van der Waals surface area contributed by atoms with Crippen molar-refractivity contribution in [2.45, 2.75) is 110 Å². The number of allylic oxidation sites excluding steroid dienone is 1. The minimum atomic E-state index is -0.371. The Hall–Kier alpha value is -0.870. The Morgan fingerprint density at radius 1 is 1.12 bits per heavy atom. The number of fused-ring (bicyclic) bond motifs is 7. The molecule has 2 heterocycles. The van der Waals surface area contributed by atoms with Crippen molar-refractivity contribution in [1.29, 1.82) is 0 Å². The van der Waals surface area contributed by atoms with Crippen LogP contribution in [0.25, 0.3) is 0 Å². The number of rotatable bonds is 0. The molecule has 1 amide bonds. The number of carbonyl (C=O) groups is 1. The van der Waals surface area contributed by atoms with Crippen LogP contribution in [0.2, 0.25) is 0 Å². The Morgan fingerprint density at radius 3 is 2.67 bits per heavy atom. The number of carbonyl (C=O) groups excluding carboxylic acids is 1. The Balaban J connectivity index is 1.30. The van der Waals surface area contributed by atoms with E-state index in [2.05, 4.69) is 38.7 Å². The Kier molecular flexibility index (Phi) is 5.01. The Labute approximate surface area is 200 Å². The normalized spacial score (nSPS) is 55.5. The van der Waals surface area contributed by atoms with Crippen molar-refractivity contribution < 1.29 is 14.6 Å². The lowest BCUT2D eigenvalue weighted by molar-refractivity contribution is -0.200. The average Bonchev–Trinajstić information content (AvgIpc) is 3.21. The second kappa shape index (κ2) is 7.32. The quantitative estimate of drug-likeness (QED) is 0.488. The van der Waals surface area contributed by atoms with Crippen molar-refractivity contribution in [2.75, 3.05) is 6.54 Å². The minimum Gasteiger partial charge on any atom is -0.393 e. The summed E-state index contributed by atoms with van der Waals surface area (Å²) in [7, 11) is 0. The predicted molar refractivity (Wildman–Crippen MR) is 129 cm³/mol. The summed E-state index contributed by atoms with van der Waals surface area (Å²) < 4.78 is 7.09. The molecule has 0 aromatic heterocycles. The zero-order valence-corrected chi connectivity index (χ0v) is 21.5. The summed E-state index contributed by atoms with van der Waals surface area (Å²) in [5, 5.41) is 10.3. The van der Waals surface area contributed by atoms with E-state index in [9.17, 15) is 9.90 Å². The van der Waals surface area contributed by atoms with Crippen molar-refractivity contribution in [1.82, 2.24) is 4.90 Å². The molecule has 3 saturated carbocycles. The van der Waals surface area contributed by atoms with Crippen molar-refractivity contribution in [3.8, 4) is 0 Å². The summed E-state index contributed by atoms with van der Waals surface area (Å²) in [6, 6.07) is 0. The van der Waals surface area contributed by atoms with E-state index in [-0.39, 0.29) is 17.7 Å².